The fourth-order valence-corrected chi connectivity index (χ4v) is 4.12. The summed E-state index contributed by atoms with van der Waals surface area (Å²) in [5.41, 5.74) is 1.19. The van der Waals surface area contributed by atoms with Crippen LogP contribution in [0.25, 0.3) is 0 Å². The Morgan fingerprint density at radius 2 is 1.33 bits per heavy atom. The zero-order chi connectivity index (χ0) is 15.3. The van der Waals surface area contributed by atoms with E-state index in [1.54, 1.807) is 48.5 Å². The summed E-state index contributed by atoms with van der Waals surface area (Å²) in [4.78, 5) is 0. The lowest BCUT2D eigenvalue weighted by Gasteiger charge is -2.32. The van der Waals surface area contributed by atoms with Gasteiger partial charge < -0.3 is 0 Å². The molecule has 0 amide bonds. The van der Waals surface area contributed by atoms with Crippen molar-refractivity contribution in [3.8, 4) is 0 Å². The molecular weight excluding hydrogens is 303 g/mol. The van der Waals surface area contributed by atoms with E-state index in [1.807, 2.05) is 12.1 Å². The van der Waals surface area contributed by atoms with Crippen LogP contribution in [-0.4, -0.2) is 19.1 Å². The van der Waals surface area contributed by atoms with Gasteiger partial charge in [0, 0.05) is 0 Å². The van der Waals surface area contributed by atoms with Crippen molar-refractivity contribution in [1.29, 1.82) is 0 Å². The van der Waals surface area contributed by atoms with Gasteiger partial charge in [-0.1, -0.05) is 60.7 Å². The van der Waals surface area contributed by atoms with Crippen LogP contribution in [0.3, 0.4) is 0 Å². The first-order chi connectivity index (χ1) is 10.0. The molecule has 5 heteroatoms. The molecule has 0 aliphatic heterocycles. The second-order valence-electron chi connectivity index (χ2n) is 4.93. The van der Waals surface area contributed by atoms with Gasteiger partial charge >= 0.3 is 0 Å². The van der Waals surface area contributed by atoms with E-state index in [0.717, 1.165) is 6.16 Å². The summed E-state index contributed by atoms with van der Waals surface area (Å²) < 4.78 is 33.2. The van der Waals surface area contributed by atoms with Crippen LogP contribution < -0.4 is 0 Å². The maximum absolute atomic E-state index is 12.3. The quantitative estimate of drug-likeness (QED) is 0.654. The number of rotatable bonds is 6. The predicted octanol–water partition coefficient (Wildman–Crippen LogP) is 3.47. The van der Waals surface area contributed by atoms with E-state index < -0.39 is 14.9 Å². The monoisotopic (exact) mass is 322 g/mol. The Kier molecular flexibility index (Phi) is 5.15. The first-order valence-corrected chi connectivity index (χ1v) is 9.06. The molecular formula is C16H19O3PS. The molecule has 21 heavy (non-hydrogen) atoms. The van der Waals surface area contributed by atoms with Crippen molar-refractivity contribution in [2.24, 2.45) is 0 Å². The SMILES string of the molecule is O=S(=O)(O)C(CCCP)(c1ccccc1)c1ccccc1. The van der Waals surface area contributed by atoms with Crippen molar-refractivity contribution in [3.05, 3.63) is 71.8 Å². The molecule has 2 rings (SSSR count). The fourth-order valence-electron chi connectivity index (χ4n) is 2.65. The molecule has 0 aromatic heterocycles. The lowest BCUT2D eigenvalue weighted by atomic mass is 9.86. The lowest BCUT2D eigenvalue weighted by molar-refractivity contribution is 0.434. The van der Waals surface area contributed by atoms with Crippen molar-refractivity contribution in [1.82, 2.24) is 0 Å². The molecule has 0 aliphatic carbocycles. The first-order valence-electron chi connectivity index (χ1n) is 6.80. The van der Waals surface area contributed by atoms with E-state index in [-0.39, 0.29) is 0 Å². The molecule has 3 nitrogen and oxygen atoms in total. The molecule has 2 aromatic rings. The smallest absolute Gasteiger partial charge is 0.279 e. The van der Waals surface area contributed by atoms with Gasteiger partial charge in [-0.25, -0.2) is 0 Å². The lowest BCUT2D eigenvalue weighted by Crippen LogP contribution is -2.37. The summed E-state index contributed by atoms with van der Waals surface area (Å²) in [6, 6.07) is 17.8. The minimum Gasteiger partial charge on any atom is -0.285 e. The summed E-state index contributed by atoms with van der Waals surface area (Å²) in [6.07, 6.45) is 1.79. The van der Waals surface area contributed by atoms with Crippen LogP contribution in [0.4, 0.5) is 0 Å². The molecule has 1 atom stereocenters. The molecule has 1 N–H and O–H groups in total. The largest absolute Gasteiger partial charge is 0.285 e. The van der Waals surface area contributed by atoms with Gasteiger partial charge in [-0.15, -0.1) is 9.24 Å². The average molecular weight is 322 g/mol. The van der Waals surface area contributed by atoms with Gasteiger partial charge in [0.1, 0.15) is 4.75 Å². The van der Waals surface area contributed by atoms with Crippen LogP contribution in [0.1, 0.15) is 24.0 Å². The zero-order valence-corrected chi connectivity index (χ0v) is 13.6. The fraction of sp³-hybridized carbons (Fsp3) is 0.250. The van der Waals surface area contributed by atoms with E-state index >= 15 is 0 Å². The molecule has 0 spiro atoms. The second kappa shape index (κ2) is 6.69. The Morgan fingerprint density at radius 3 is 1.67 bits per heavy atom. The Morgan fingerprint density at radius 1 is 0.905 bits per heavy atom. The van der Waals surface area contributed by atoms with Gasteiger partial charge in [0.05, 0.1) is 0 Å². The predicted molar refractivity (Wildman–Crippen MR) is 89.0 cm³/mol. The summed E-state index contributed by atoms with van der Waals surface area (Å²) in [5, 5.41) is 0. The molecule has 1 unspecified atom stereocenters. The van der Waals surface area contributed by atoms with Crippen LogP contribution >= 0.6 is 9.24 Å². The van der Waals surface area contributed by atoms with Gasteiger partial charge in [-0.3, -0.25) is 4.55 Å². The normalized spacial score (nSPS) is 12.3. The van der Waals surface area contributed by atoms with Crippen molar-refractivity contribution in [3.63, 3.8) is 0 Å². The molecule has 2 aromatic carbocycles. The van der Waals surface area contributed by atoms with E-state index in [0.29, 0.717) is 24.0 Å². The van der Waals surface area contributed by atoms with Gasteiger partial charge in [-0.2, -0.15) is 8.42 Å². The molecule has 0 fully saturated rings. The summed E-state index contributed by atoms with van der Waals surface area (Å²) in [7, 11) is -1.72. The number of hydrogen-bond donors (Lipinski definition) is 1. The third kappa shape index (κ3) is 3.18. The highest BCUT2D eigenvalue weighted by molar-refractivity contribution is 7.87. The Labute approximate surface area is 128 Å². The minimum atomic E-state index is -4.31. The van der Waals surface area contributed by atoms with Gasteiger partial charge in [0.15, 0.2) is 0 Å². The van der Waals surface area contributed by atoms with Crippen LogP contribution in [0.15, 0.2) is 60.7 Å². The number of benzene rings is 2. The molecule has 0 saturated carbocycles. The third-order valence-electron chi connectivity index (χ3n) is 3.65. The maximum atomic E-state index is 12.3. The van der Waals surface area contributed by atoms with E-state index in [9.17, 15) is 13.0 Å². The molecule has 0 aliphatic rings. The zero-order valence-electron chi connectivity index (χ0n) is 11.6. The van der Waals surface area contributed by atoms with E-state index in [4.69, 9.17) is 0 Å². The highest BCUT2D eigenvalue weighted by atomic mass is 32.2. The topological polar surface area (TPSA) is 54.4 Å². The highest BCUT2D eigenvalue weighted by Crippen LogP contribution is 2.41. The molecule has 0 heterocycles. The molecule has 0 radical (unpaired) electrons. The summed E-state index contributed by atoms with van der Waals surface area (Å²) >= 11 is 0. The Bertz CT molecular complexity index is 630. The number of hydrogen-bond acceptors (Lipinski definition) is 2. The van der Waals surface area contributed by atoms with Crippen molar-refractivity contribution < 1.29 is 13.0 Å². The average Bonchev–Trinajstić information content (AvgIpc) is 2.49. The maximum Gasteiger partial charge on any atom is 0.279 e. The summed E-state index contributed by atoms with van der Waals surface area (Å²) in [5.74, 6) is 0. The van der Waals surface area contributed by atoms with E-state index in [1.165, 1.54) is 0 Å². The molecule has 0 saturated heterocycles. The van der Waals surface area contributed by atoms with Crippen molar-refractivity contribution in [2.75, 3.05) is 6.16 Å². The Hall–Kier alpha value is -1.22. The molecule has 112 valence electrons. The van der Waals surface area contributed by atoms with Gasteiger partial charge in [0.25, 0.3) is 10.1 Å². The standard InChI is InChI=1S/C16H19O3PS/c17-21(18,19)16(12-7-13-20,14-8-3-1-4-9-14)15-10-5-2-6-11-15/h1-6,8-11H,7,12-13,20H2,(H,17,18,19). The molecule has 0 bridgehead atoms. The van der Waals surface area contributed by atoms with E-state index in [2.05, 4.69) is 9.24 Å². The Balaban J connectivity index is 2.72. The highest BCUT2D eigenvalue weighted by Gasteiger charge is 2.45. The second-order valence-corrected chi connectivity index (χ2v) is 7.15. The minimum absolute atomic E-state index is 0.337. The van der Waals surface area contributed by atoms with Gasteiger partial charge in [0.2, 0.25) is 0 Å². The summed E-state index contributed by atoms with van der Waals surface area (Å²) in [6.45, 7) is 0. The van der Waals surface area contributed by atoms with Crippen molar-refractivity contribution in [2.45, 2.75) is 17.6 Å². The van der Waals surface area contributed by atoms with Crippen LogP contribution in [0.2, 0.25) is 0 Å². The first kappa shape index (κ1) is 16.2. The van der Waals surface area contributed by atoms with Gasteiger partial charge in [-0.05, 0) is 30.1 Å². The van der Waals surface area contributed by atoms with Crippen LogP contribution in [0.5, 0.6) is 0 Å². The van der Waals surface area contributed by atoms with Crippen LogP contribution in [-0.2, 0) is 14.9 Å². The van der Waals surface area contributed by atoms with Crippen LogP contribution in [0, 0.1) is 0 Å². The third-order valence-corrected chi connectivity index (χ3v) is 5.62. The van der Waals surface area contributed by atoms with Crippen molar-refractivity contribution >= 4 is 19.4 Å².